The molecule has 0 bridgehead atoms. The molecule has 1 aromatic carbocycles. The van der Waals surface area contributed by atoms with Crippen LogP contribution in [0.4, 0.5) is 0 Å². The molecule has 1 aliphatic carbocycles. The maximum absolute atomic E-state index is 6.21. The zero-order valence-corrected chi connectivity index (χ0v) is 9.94. The standard InChI is InChI=1S/C12H14Cl2/c1-3-10-11(12(10,13)14)9-6-4-8(2)5-7-9/h4-7,10-11H,3H2,1-2H3. The van der Waals surface area contributed by atoms with Crippen LogP contribution >= 0.6 is 23.2 Å². The number of hydrogen-bond donors (Lipinski definition) is 0. The van der Waals surface area contributed by atoms with E-state index < -0.39 is 4.33 Å². The number of alkyl halides is 2. The second-order valence-electron chi connectivity index (χ2n) is 4.08. The highest BCUT2D eigenvalue weighted by atomic mass is 35.5. The van der Waals surface area contributed by atoms with Crippen LogP contribution in [0.15, 0.2) is 24.3 Å². The molecule has 0 aliphatic heterocycles. The SMILES string of the molecule is CCC1C(c2ccc(C)cc2)C1(Cl)Cl. The van der Waals surface area contributed by atoms with Crippen molar-refractivity contribution in [3.05, 3.63) is 35.4 Å². The summed E-state index contributed by atoms with van der Waals surface area (Å²) in [4.78, 5) is 0. The fourth-order valence-corrected chi connectivity index (χ4v) is 3.12. The van der Waals surface area contributed by atoms with Crippen molar-refractivity contribution in [2.24, 2.45) is 5.92 Å². The van der Waals surface area contributed by atoms with Gasteiger partial charge in [0.25, 0.3) is 0 Å². The van der Waals surface area contributed by atoms with Crippen LogP contribution in [-0.4, -0.2) is 4.33 Å². The fourth-order valence-electron chi connectivity index (χ4n) is 2.13. The van der Waals surface area contributed by atoms with Crippen molar-refractivity contribution in [3.63, 3.8) is 0 Å². The van der Waals surface area contributed by atoms with Gasteiger partial charge >= 0.3 is 0 Å². The molecule has 0 spiro atoms. The fraction of sp³-hybridized carbons (Fsp3) is 0.500. The van der Waals surface area contributed by atoms with Crippen molar-refractivity contribution in [2.45, 2.75) is 30.5 Å². The minimum atomic E-state index is -0.524. The highest BCUT2D eigenvalue weighted by Crippen LogP contribution is 2.66. The van der Waals surface area contributed by atoms with Gasteiger partial charge in [0.1, 0.15) is 4.33 Å². The number of halogens is 2. The van der Waals surface area contributed by atoms with Crippen LogP contribution in [0, 0.1) is 12.8 Å². The lowest BCUT2D eigenvalue weighted by molar-refractivity contribution is 0.760. The summed E-state index contributed by atoms with van der Waals surface area (Å²) in [5.74, 6) is 0.755. The highest BCUT2D eigenvalue weighted by molar-refractivity contribution is 6.51. The van der Waals surface area contributed by atoms with E-state index in [4.69, 9.17) is 23.2 Å². The molecule has 2 atom stereocenters. The number of hydrogen-bond acceptors (Lipinski definition) is 0. The Morgan fingerprint density at radius 3 is 2.21 bits per heavy atom. The monoisotopic (exact) mass is 228 g/mol. The highest BCUT2D eigenvalue weighted by Gasteiger charge is 2.62. The van der Waals surface area contributed by atoms with Crippen LogP contribution in [0.2, 0.25) is 0 Å². The Morgan fingerprint density at radius 2 is 1.79 bits per heavy atom. The predicted molar refractivity (Wildman–Crippen MR) is 62.1 cm³/mol. The average Bonchev–Trinajstić information content (AvgIpc) is 2.69. The van der Waals surface area contributed by atoms with Crippen LogP contribution in [-0.2, 0) is 0 Å². The van der Waals surface area contributed by atoms with Gasteiger partial charge in [-0.15, -0.1) is 23.2 Å². The van der Waals surface area contributed by atoms with Crippen LogP contribution in [0.1, 0.15) is 30.4 Å². The first-order chi connectivity index (χ1) is 6.57. The summed E-state index contributed by atoms with van der Waals surface area (Å²) in [5, 5.41) is 0. The molecular weight excluding hydrogens is 215 g/mol. The van der Waals surface area contributed by atoms with Crippen LogP contribution in [0.3, 0.4) is 0 Å². The molecular formula is C12H14Cl2. The summed E-state index contributed by atoms with van der Waals surface area (Å²) in [6, 6.07) is 8.50. The summed E-state index contributed by atoms with van der Waals surface area (Å²) in [5.41, 5.74) is 2.55. The lowest BCUT2D eigenvalue weighted by Crippen LogP contribution is -1.90. The zero-order chi connectivity index (χ0) is 10.3. The van der Waals surface area contributed by atoms with Gasteiger partial charge in [0.15, 0.2) is 0 Å². The number of rotatable bonds is 2. The van der Waals surface area contributed by atoms with E-state index in [1.54, 1.807) is 0 Å². The van der Waals surface area contributed by atoms with Crippen molar-refractivity contribution in [1.29, 1.82) is 0 Å². The third-order valence-electron chi connectivity index (χ3n) is 3.08. The largest absolute Gasteiger partial charge is 0.129 e. The molecule has 1 aliphatic rings. The smallest absolute Gasteiger partial charge is 0.101 e. The molecule has 76 valence electrons. The molecule has 14 heavy (non-hydrogen) atoms. The van der Waals surface area contributed by atoms with Gasteiger partial charge in [0.2, 0.25) is 0 Å². The van der Waals surface area contributed by atoms with Gasteiger partial charge in [-0.1, -0.05) is 36.8 Å². The molecule has 0 N–H and O–H groups in total. The van der Waals surface area contributed by atoms with E-state index in [1.165, 1.54) is 11.1 Å². The summed E-state index contributed by atoms with van der Waals surface area (Å²) < 4.78 is -0.524. The number of aryl methyl sites for hydroxylation is 1. The van der Waals surface area contributed by atoms with Crippen molar-refractivity contribution < 1.29 is 0 Å². The predicted octanol–water partition coefficient (Wildman–Crippen LogP) is 4.29. The summed E-state index contributed by atoms with van der Waals surface area (Å²) in [6.45, 7) is 4.22. The summed E-state index contributed by atoms with van der Waals surface area (Å²) in [7, 11) is 0. The molecule has 1 fully saturated rings. The molecule has 0 nitrogen and oxygen atoms in total. The maximum atomic E-state index is 6.21. The molecule has 2 rings (SSSR count). The Morgan fingerprint density at radius 1 is 1.21 bits per heavy atom. The molecule has 0 amide bonds. The van der Waals surface area contributed by atoms with Crippen molar-refractivity contribution in [1.82, 2.24) is 0 Å². The van der Waals surface area contributed by atoms with Gasteiger partial charge in [-0.25, -0.2) is 0 Å². The first kappa shape index (κ1) is 10.3. The van der Waals surface area contributed by atoms with Crippen molar-refractivity contribution in [3.8, 4) is 0 Å². The summed E-state index contributed by atoms with van der Waals surface area (Å²) >= 11 is 12.4. The Labute approximate surface area is 95.2 Å². The molecule has 1 saturated carbocycles. The summed E-state index contributed by atoms with van der Waals surface area (Å²) in [6.07, 6.45) is 1.05. The Kier molecular flexibility index (Phi) is 2.53. The van der Waals surface area contributed by atoms with Gasteiger partial charge in [-0.2, -0.15) is 0 Å². The Balaban J connectivity index is 2.22. The molecule has 0 heterocycles. The minimum Gasteiger partial charge on any atom is -0.101 e. The Bertz CT molecular complexity index is 327. The van der Waals surface area contributed by atoms with Crippen molar-refractivity contribution >= 4 is 23.2 Å². The lowest BCUT2D eigenvalue weighted by atomic mass is 10.1. The van der Waals surface area contributed by atoms with E-state index in [0.717, 1.165) is 6.42 Å². The quantitative estimate of drug-likeness (QED) is 0.663. The normalized spacial score (nSPS) is 28.9. The lowest BCUT2D eigenvalue weighted by Gasteiger charge is -2.00. The molecule has 2 heteroatoms. The van der Waals surface area contributed by atoms with Crippen LogP contribution in [0.5, 0.6) is 0 Å². The van der Waals surface area contributed by atoms with Gasteiger partial charge in [0.05, 0.1) is 0 Å². The second-order valence-corrected chi connectivity index (χ2v) is 5.52. The number of benzene rings is 1. The van der Waals surface area contributed by atoms with Crippen LogP contribution < -0.4 is 0 Å². The van der Waals surface area contributed by atoms with E-state index in [1.807, 2.05) is 0 Å². The van der Waals surface area contributed by atoms with Gasteiger partial charge < -0.3 is 0 Å². The van der Waals surface area contributed by atoms with E-state index >= 15 is 0 Å². The maximum Gasteiger partial charge on any atom is 0.129 e. The van der Waals surface area contributed by atoms with Gasteiger partial charge in [-0.05, 0) is 18.9 Å². The van der Waals surface area contributed by atoms with E-state index in [0.29, 0.717) is 11.8 Å². The first-order valence-corrected chi connectivity index (χ1v) is 5.77. The average molecular weight is 229 g/mol. The minimum absolute atomic E-state index is 0.330. The molecule has 0 radical (unpaired) electrons. The molecule has 0 saturated heterocycles. The Hall–Kier alpha value is -0.200. The van der Waals surface area contributed by atoms with Crippen molar-refractivity contribution in [2.75, 3.05) is 0 Å². The van der Waals surface area contributed by atoms with E-state index in [2.05, 4.69) is 38.1 Å². The third-order valence-corrected chi connectivity index (χ3v) is 4.11. The van der Waals surface area contributed by atoms with E-state index in [-0.39, 0.29) is 0 Å². The van der Waals surface area contributed by atoms with E-state index in [9.17, 15) is 0 Å². The topological polar surface area (TPSA) is 0 Å². The van der Waals surface area contributed by atoms with Gasteiger partial charge in [0, 0.05) is 11.8 Å². The zero-order valence-electron chi connectivity index (χ0n) is 8.43. The van der Waals surface area contributed by atoms with Gasteiger partial charge in [-0.3, -0.25) is 0 Å². The third kappa shape index (κ3) is 1.55. The molecule has 1 aromatic rings. The first-order valence-electron chi connectivity index (χ1n) is 5.01. The second kappa shape index (κ2) is 3.43. The van der Waals surface area contributed by atoms with Crippen LogP contribution in [0.25, 0.3) is 0 Å². The molecule has 0 aromatic heterocycles. The molecule has 2 unspecified atom stereocenters.